The molecule has 0 aromatic carbocycles. The van der Waals surface area contributed by atoms with E-state index in [-0.39, 0.29) is 18.0 Å². The van der Waals surface area contributed by atoms with E-state index in [1.54, 1.807) is 0 Å². The number of unbranched alkanes of at least 4 members (excludes halogenated alkanes) is 1. The van der Waals surface area contributed by atoms with Crippen LogP contribution < -0.4 is 10.2 Å². The molecule has 118 valence electrons. The number of hydrogen-bond donors (Lipinski definition) is 1. The number of pyridine rings is 1. The molecule has 0 unspecified atom stereocenters. The summed E-state index contributed by atoms with van der Waals surface area (Å²) in [6.45, 7) is 2.42. The van der Waals surface area contributed by atoms with Crippen molar-refractivity contribution >= 4 is 5.97 Å². The van der Waals surface area contributed by atoms with Crippen LogP contribution >= 0.6 is 0 Å². The van der Waals surface area contributed by atoms with Crippen molar-refractivity contribution < 1.29 is 24.1 Å². The van der Waals surface area contributed by atoms with E-state index in [0.717, 1.165) is 12.8 Å². The van der Waals surface area contributed by atoms with Gasteiger partial charge in [0, 0.05) is 26.5 Å². The summed E-state index contributed by atoms with van der Waals surface area (Å²) in [7, 11) is 2.91. The molecule has 1 N–H and O–H groups in total. The van der Waals surface area contributed by atoms with Crippen LogP contribution in [0, 0.1) is 0 Å². The number of carbonyl (C=O) groups is 1. The van der Waals surface area contributed by atoms with E-state index in [1.807, 2.05) is 6.92 Å². The third-order valence-electron chi connectivity index (χ3n) is 2.95. The second-order valence-electron chi connectivity index (χ2n) is 4.42. The molecule has 1 heterocycles. The summed E-state index contributed by atoms with van der Waals surface area (Å²) >= 11 is 0. The van der Waals surface area contributed by atoms with E-state index >= 15 is 0 Å². The molecule has 0 atom stereocenters. The van der Waals surface area contributed by atoms with Crippen LogP contribution in [0.15, 0.2) is 17.1 Å². The highest BCUT2D eigenvalue weighted by molar-refractivity contribution is 5.88. The van der Waals surface area contributed by atoms with Gasteiger partial charge in [0.2, 0.25) is 5.43 Å². The number of aromatic carboxylic acids is 1. The number of aromatic nitrogens is 1. The Kier molecular flexibility index (Phi) is 6.90. The lowest BCUT2D eigenvalue weighted by Gasteiger charge is -2.19. The van der Waals surface area contributed by atoms with E-state index in [9.17, 15) is 14.7 Å². The molecule has 0 radical (unpaired) electrons. The Hall–Kier alpha value is -1.86. The predicted octanol–water partition coefficient (Wildman–Crippen LogP) is 1.34. The summed E-state index contributed by atoms with van der Waals surface area (Å²) < 4.78 is 16.8. The van der Waals surface area contributed by atoms with Gasteiger partial charge in [-0.2, -0.15) is 0 Å². The van der Waals surface area contributed by atoms with Gasteiger partial charge in [-0.1, -0.05) is 13.3 Å². The normalized spacial score (nSPS) is 10.9. The number of nitrogens with zero attached hydrogens (tertiary/aromatic N) is 1. The maximum Gasteiger partial charge on any atom is 0.356 e. The van der Waals surface area contributed by atoms with Gasteiger partial charge in [0.1, 0.15) is 0 Å². The summed E-state index contributed by atoms with van der Waals surface area (Å²) in [6.07, 6.45) is 2.41. The van der Waals surface area contributed by atoms with Gasteiger partial charge in [0.25, 0.3) is 0 Å². The smallest absolute Gasteiger partial charge is 0.356 e. The second kappa shape index (κ2) is 8.43. The molecule has 0 saturated carbocycles. The summed E-state index contributed by atoms with van der Waals surface area (Å²) in [5.41, 5.74) is -0.649. The quantitative estimate of drug-likeness (QED) is 0.547. The number of carboxylic acid groups (broad SMARTS) is 1. The Morgan fingerprint density at radius 3 is 2.57 bits per heavy atom. The standard InChI is InChI=1S/C14H21NO6/c1-4-5-8-21-13-10(16)6-7-15(12(13)14(17)18)9-11(19-2)20-3/h6-7,11H,4-5,8-9H2,1-3H3,(H,17,18). The highest BCUT2D eigenvalue weighted by atomic mass is 16.7. The Labute approximate surface area is 123 Å². The summed E-state index contributed by atoms with van der Waals surface area (Å²) in [5.74, 6) is -1.38. The molecule has 1 rings (SSSR count). The van der Waals surface area contributed by atoms with Gasteiger partial charge in [0.15, 0.2) is 17.7 Å². The fourth-order valence-corrected chi connectivity index (χ4v) is 1.79. The highest BCUT2D eigenvalue weighted by Crippen LogP contribution is 2.15. The first kappa shape index (κ1) is 17.2. The molecule has 21 heavy (non-hydrogen) atoms. The number of carboxylic acids is 1. The first-order valence-corrected chi connectivity index (χ1v) is 6.70. The Balaban J connectivity index is 3.16. The maximum absolute atomic E-state index is 11.9. The number of rotatable bonds is 9. The highest BCUT2D eigenvalue weighted by Gasteiger charge is 2.21. The van der Waals surface area contributed by atoms with Crippen molar-refractivity contribution in [3.05, 3.63) is 28.2 Å². The minimum Gasteiger partial charge on any atom is -0.487 e. The average molecular weight is 299 g/mol. The van der Waals surface area contributed by atoms with Crippen LogP contribution in [0.25, 0.3) is 0 Å². The fraction of sp³-hybridized carbons (Fsp3) is 0.571. The molecule has 1 aromatic heterocycles. The predicted molar refractivity (Wildman–Crippen MR) is 75.9 cm³/mol. The van der Waals surface area contributed by atoms with E-state index in [1.165, 1.54) is 31.0 Å². The Morgan fingerprint density at radius 1 is 1.38 bits per heavy atom. The summed E-state index contributed by atoms with van der Waals surface area (Å²) in [6, 6.07) is 1.27. The summed E-state index contributed by atoms with van der Waals surface area (Å²) in [4.78, 5) is 23.3. The first-order valence-electron chi connectivity index (χ1n) is 6.70. The minimum absolute atomic E-state index is 0.138. The molecule has 0 amide bonds. The lowest BCUT2D eigenvalue weighted by atomic mass is 10.3. The van der Waals surface area contributed by atoms with Gasteiger partial charge >= 0.3 is 5.97 Å². The zero-order valence-corrected chi connectivity index (χ0v) is 12.5. The van der Waals surface area contributed by atoms with Crippen LogP contribution in [0.3, 0.4) is 0 Å². The molecule has 0 bridgehead atoms. The van der Waals surface area contributed by atoms with Crippen molar-refractivity contribution in [2.45, 2.75) is 32.6 Å². The van der Waals surface area contributed by atoms with Crippen molar-refractivity contribution in [2.24, 2.45) is 0 Å². The van der Waals surface area contributed by atoms with Gasteiger partial charge in [-0.25, -0.2) is 4.79 Å². The molecule has 0 spiro atoms. The third kappa shape index (κ3) is 4.57. The van der Waals surface area contributed by atoms with Crippen LogP contribution in [0.5, 0.6) is 5.75 Å². The molecule has 7 nitrogen and oxygen atoms in total. The van der Waals surface area contributed by atoms with Crippen LogP contribution in [-0.4, -0.2) is 42.8 Å². The van der Waals surface area contributed by atoms with Crippen LogP contribution in [-0.2, 0) is 16.0 Å². The van der Waals surface area contributed by atoms with Crippen molar-refractivity contribution in [3.8, 4) is 5.75 Å². The summed E-state index contributed by atoms with van der Waals surface area (Å²) in [5, 5.41) is 9.36. The number of hydrogen-bond acceptors (Lipinski definition) is 5. The van der Waals surface area contributed by atoms with E-state index in [2.05, 4.69) is 0 Å². The van der Waals surface area contributed by atoms with Crippen LogP contribution in [0.1, 0.15) is 30.3 Å². The van der Waals surface area contributed by atoms with Gasteiger partial charge < -0.3 is 23.9 Å². The van der Waals surface area contributed by atoms with Crippen LogP contribution in [0.2, 0.25) is 0 Å². The van der Waals surface area contributed by atoms with Crippen molar-refractivity contribution in [1.82, 2.24) is 4.57 Å². The van der Waals surface area contributed by atoms with E-state index in [4.69, 9.17) is 14.2 Å². The number of ether oxygens (including phenoxy) is 3. The number of methoxy groups -OCH3 is 2. The van der Waals surface area contributed by atoms with Crippen molar-refractivity contribution in [3.63, 3.8) is 0 Å². The van der Waals surface area contributed by atoms with Gasteiger partial charge in [-0.05, 0) is 6.42 Å². The minimum atomic E-state index is -1.23. The van der Waals surface area contributed by atoms with Crippen LogP contribution in [0.4, 0.5) is 0 Å². The van der Waals surface area contributed by atoms with E-state index < -0.39 is 17.7 Å². The molecule has 0 aliphatic rings. The average Bonchev–Trinajstić information content (AvgIpc) is 2.47. The Morgan fingerprint density at radius 2 is 2.05 bits per heavy atom. The molecule has 7 heteroatoms. The van der Waals surface area contributed by atoms with Gasteiger partial charge in [-0.15, -0.1) is 0 Å². The van der Waals surface area contributed by atoms with Gasteiger partial charge in [-0.3, -0.25) is 4.79 Å². The molecule has 1 aromatic rings. The van der Waals surface area contributed by atoms with Crippen molar-refractivity contribution in [1.29, 1.82) is 0 Å². The maximum atomic E-state index is 11.9. The van der Waals surface area contributed by atoms with E-state index in [0.29, 0.717) is 6.61 Å². The lowest BCUT2D eigenvalue weighted by molar-refractivity contribution is -0.111. The molecule has 0 aliphatic heterocycles. The molecular weight excluding hydrogens is 278 g/mol. The third-order valence-corrected chi connectivity index (χ3v) is 2.95. The van der Waals surface area contributed by atoms with Gasteiger partial charge in [0.05, 0.1) is 13.2 Å². The molecule has 0 aliphatic carbocycles. The Bertz CT molecular complexity index is 521. The monoisotopic (exact) mass is 299 g/mol. The zero-order valence-electron chi connectivity index (χ0n) is 12.5. The topological polar surface area (TPSA) is 87.0 Å². The second-order valence-corrected chi connectivity index (χ2v) is 4.42. The molecule has 0 saturated heterocycles. The molecular formula is C14H21NO6. The SMILES string of the molecule is CCCCOc1c(C(=O)O)n(CC(OC)OC)ccc1=O. The molecule has 0 fully saturated rings. The lowest BCUT2D eigenvalue weighted by Crippen LogP contribution is -2.27. The van der Waals surface area contributed by atoms with Crippen molar-refractivity contribution in [2.75, 3.05) is 20.8 Å². The zero-order chi connectivity index (χ0) is 15.8. The first-order chi connectivity index (χ1) is 10.0. The largest absolute Gasteiger partial charge is 0.487 e. The fourth-order valence-electron chi connectivity index (χ4n) is 1.79.